The predicted octanol–water partition coefficient (Wildman–Crippen LogP) is 1.37. The summed E-state index contributed by atoms with van der Waals surface area (Å²) in [5.41, 5.74) is -0.0317. The minimum atomic E-state index is -0.331. The van der Waals surface area contributed by atoms with Crippen LogP contribution in [0, 0.1) is 0 Å². The molecule has 18 heavy (non-hydrogen) atoms. The summed E-state index contributed by atoms with van der Waals surface area (Å²) in [6.07, 6.45) is 2.74. The molecule has 2 aliphatic heterocycles. The Morgan fingerprint density at radius 3 is 2.78 bits per heavy atom. The first-order valence-corrected chi connectivity index (χ1v) is 6.84. The van der Waals surface area contributed by atoms with Gasteiger partial charge in [0, 0.05) is 13.1 Å². The first-order chi connectivity index (χ1) is 8.54. The molecule has 104 valence electrons. The fraction of sp³-hybridized carbons (Fsp3) is 0.923. The number of nitrogens with one attached hydrogen (secondary N) is 1. The highest BCUT2D eigenvalue weighted by molar-refractivity contribution is 5.67. The third-order valence-electron chi connectivity index (χ3n) is 4.07. The molecule has 0 aromatic carbocycles. The molecule has 1 spiro atoms. The van der Waals surface area contributed by atoms with Crippen LogP contribution in [0.15, 0.2) is 0 Å². The fourth-order valence-corrected chi connectivity index (χ4v) is 2.93. The van der Waals surface area contributed by atoms with Crippen molar-refractivity contribution in [1.29, 1.82) is 0 Å². The Labute approximate surface area is 109 Å². The molecule has 0 saturated carbocycles. The van der Waals surface area contributed by atoms with E-state index in [1.165, 1.54) is 0 Å². The zero-order valence-corrected chi connectivity index (χ0v) is 11.6. The van der Waals surface area contributed by atoms with Crippen molar-refractivity contribution in [1.82, 2.24) is 10.2 Å². The molecule has 1 N–H and O–H groups in total. The Hall–Kier alpha value is -0.810. The predicted molar refractivity (Wildman–Crippen MR) is 68.6 cm³/mol. The van der Waals surface area contributed by atoms with Gasteiger partial charge in [0.1, 0.15) is 0 Å². The van der Waals surface area contributed by atoms with Crippen molar-refractivity contribution in [3.63, 3.8) is 0 Å². The second-order valence-corrected chi connectivity index (χ2v) is 5.48. The van der Waals surface area contributed by atoms with Crippen LogP contribution in [0.2, 0.25) is 0 Å². The van der Waals surface area contributed by atoms with E-state index in [1.807, 2.05) is 13.8 Å². The largest absolute Gasteiger partial charge is 0.450 e. The van der Waals surface area contributed by atoms with Gasteiger partial charge in [0.15, 0.2) is 0 Å². The Morgan fingerprint density at radius 2 is 2.17 bits per heavy atom. The maximum atomic E-state index is 11.5. The molecule has 0 aromatic rings. The van der Waals surface area contributed by atoms with Crippen LogP contribution < -0.4 is 5.32 Å². The number of hydrogen-bond donors (Lipinski definition) is 1. The van der Waals surface area contributed by atoms with Crippen molar-refractivity contribution in [2.75, 3.05) is 26.7 Å². The van der Waals surface area contributed by atoms with Crippen molar-refractivity contribution in [3.8, 4) is 0 Å². The maximum Gasteiger partial charge on any atom is 0.407 e. The minimum Gasteiger partial charge on any atom is -0.450 e. The fourth-order valence-electron chi connectivity index (χ4n) is 2.93. The van der Waals surface area contributed by atoms with Crippen LogP contribution in [0.5, 0.6) is 0 Å². The first kappa shape index (κ1) is 13.6. The number of hydrogen-bond acceptors (Lipinski definition) is 4. The molecule has 0 aliphatic carbocycles. The van der Waals surface area contributed by atoms with E-state index in [2.05, 4.69) is 17.3 Å². The lowest BCUT2D eigenvalue weighted by molar-refractivity contribution is -0.0693. The molecule has 0 radical (unpaired) electrons. The van der Waals surface area contributed by atoms with Crippen molar-refractivity contribution in [2.45, 2.75) is 50.9 Å². The van der Waals surface area contributed by atoms with Crippen LogP contribution in [0.3, 0.4) is 0 Å². The van der Waals surface area contributed by atoms with Gasteiger partial charge in [-0.3, -0.25) is 0 Å². The van der Waals surface area contributed by atoms with Gasteiger partial charge in [-0.25, -0.2) is 4.79 Å². The smallest absolute Gasteiger partial charge is 0.407 e. The summed E-state index contributed by atoms with van der Waals surface area (Å²) in [6.45, 7) is 6.39. The third kappa shape index (κ3) is 2.95. The van der Waals surface area contributed by atoms with Crippen molar-refractivity contribution < 1.29 is 14.3 Å². The molecule has 2 rings (SSSR count). The Kier molecular flexibility index (Phi) is 4.12. The van der Waals surface area contributed by atoms with E-state index < -0.39 is 0 Å². The van der Waals surface area contributed by atoms with Crippen LogP contribution >= 0.6 is 0 Å². The van der Waals surface area contributed by atoms with Gasteiger partial charge < -0.3 is 19.7 Å². The molecular weight excluding hydrogens is 232 g/mol. The highest BCUT2D eigenvalue weighted by atomic mass is 16.6. The number of amides is 1. The summed E-state index contributed by atoms with van der Waals surface area (Å²) in [5.74, 6) is 0. The second kappa shape index (κ2) is 5.45. The molecule has 2 atom stereocenters. The van der Waals surface area contributed by atoms with E-state index in [0.717, 1.165) is 32.4 Å². The lowest BCUT2D eigenvalue weighted by Crippen LogP contribution is -2.43. The van der Waals surface area contributed by atoms with Gasteiger partial charge >= 0.3 is 6.09 Å². The lowest BCUT2D eigenvalue weighted by atomic mass is 9.87. The van der Waals surface area contributed by atoms with Gasteiger partial charge in [-0.05, 0) is 40.2 Å². The van der Waals surface area contributed by atoms with Gasteiger partial charge in [0.05, 0.1) is 24.4 Å². The number of piperidine rings is 1. The van der Waals surface area contributed by atoms with Crippen LogP contribution in [0.25, 0.3) is 0 Å². The van der Waals surface area contributed by atoms with E-state index in [-0.39, 0.29) is 23.8 Å². The molecule has 2 aliphatic rings. The highest BCUT2D eigenvalue weighted by Gasteiger charge is 2.46. The van der Waals surface area contributed by atoms with E-state index in [0.29, 0.717) is 6.61 Å². The SMILES string of the molecule is CCOC(=O)NC1CC2(CCN(C)CC2)OC1C. The Bertz CT molecular complexity index is 301. The van der Waals surface area contributed by atoms with Gasteiger partial charge in [0.2, 0.25) is 0 Å². The van der Waals surface area contributed by atoms with Gasteiger partial charge in [-0.1, -0.05) is 0 Å². The molecule has 0 aromatic heterocycles. The number of likely N-dealkylation sites (tertiary alicyclic amines) is 1. The van der Waals surface area contributed by atoms with Crippen LogP contribution in [-0.4, -0.2) is 55.5 Å². The number of rotatable bonds is 2. The topological polar surface area (TPSA) is 50.8 Å². The first-order valence-electron chi connectivity index (χ1n) is 6.84. The highest BCUT2D eigenvalue weighted by Crippen LogP contribution is 2.38. The van der Waals surface area contributed by atoms with Crippen molar-refractivity contribution >= 4 is 6.09 Å². The number of carbonyl (C=O) groups excluding carboxylic acids is 1. The van der Waals surface area contributed by atoms with Crippen LogP contribution in [0.4, 0.5) is 4.79 Å². The quantitative estimate of drug-likeness (QED) is 0.811. The third-order valence-corrected chi connectivity index (χ3v) is 4.07. The van der Waals surface area contributed by atoms with Crippen molar-refractivity contribution in [2.24, 2.45) is 0 Å². The van der Waals surface area contributed by atoms with E-state index >= 15 is 0 Å². The average Bonchev–Trinajstić information content (AvgIpc) is 2.61. The minimum absolute atomic E-state index is 0.0317. The molecule has 2 heterocycles. The number of ether oxygens (including phenoxy) is 2. The van der Waals surface area contributed by atoms with Gasteiger partial charge in [-0.15, -0.1) is 0 Å². The van der Waals surface area contributed by atoms with E-state index in [1.54, 1.807) is 0 Å². The number of alkyl carbamates (subject to hydrolysis) is 1. The zero-order chi connectivity index (χ0) is 13.2. The standard InChI is InChI=1S/C13H24N2O3/c1-4-17-12(16)14-11-9-13(18-10(11)2)5-7-15(3)8-6-13/h10-11H,4-9H2,1-3H3,(H,14,16). The normalized spacial score (nSPS) is 31.5. The van der Waals surface area contributed by atoms with Gasteiger partial charge in [0.25, 0.3) is 0 Å². The summed E-state index contributed by atoms with van der Waals surface area (Å²) in [4.78, 5) is 13.8. The van der Waals surface area contributed by atoms with Crippen molar-refractivity contribution in [3.05, 3.63) is 0 Å². The Morgan fingerprint density at radius 1 is 1.50 bits per heavy atom. The van der Waals surface area contributed by atoms with E-state index in [9.17, 15) is 4.79 Å². The molecule has 0 bridgehead atoms. The maximum absolute atomic E-state index is 11.5. The average molecular weight is 256 g/mol. The lowest BCUT2D eigenvalue weighted by Gasteiger charge is -2.37. The molecule has 2 unspecified atom stereocenters. The summed E-state index contributed by atoms with van der Waals surface area (Å²) < 4.78 is 11.1. The summed E-state index contributed by atoms with van der Waals surface area (Å²) in [6, 6.07) is 0.0763. The monoisotopic (exact) mass is 256 g/mol. The number of nitrogens with zero attached hydrogens (tertiary/aromatic N) is 1. The molecule has 2 fully saturated rings. The second-order valence-electron chi connectivity index (χ2n) is 5.48. The van der Waals surface area contributed by atoms with E-state index in [4.69, 9.17) is 9.47 Å². The zero-order valence-electron chi connectivity index (χ0n) is 11.6. The summed E-state index contributed by atoms with van der Waals surface area (Å²) in [7, 11) is 2.14. The molecule has 5 nitrogen and oxygen atoms in total. The number of carbonyl (C=O) groups is 1. The molecule has 5 heteroatoms. The van der Waals surface area contributed by atoms with Gasteiger partial charge in [-0.2, -0.15) is 0 Å². The Balaban J connectivity index is 1.90. The van der Waals surface area contributed by atoms with Crippen LogP contribution in [-0.2, 0) is 9.47 Å². The molecular formula is C13H24N2O3. The van der Waals surface area contributed by atoms with Crippen LogP contribution in [0.1, 0.15) is 33.1 Å². The summed E-state index contributed by atoms with van der Waals surface area (Å²) >= 11 is 0. The molecule has 2 saturated heterocycles. The molecule has 1 amide bonds. The summed E-state index contributed by atoms with van der Waals surface area (Å²) in [5, 5.41) is 2.91.